The van der Waals surface area contributed by atoms with E-state index < -0.39 is 5.63 Å². The Kier molecular flexibility index (Phi) is 2.88. The fourth-order valence-corrected chi connectivity index (χ4v) is 2.23. The molecule has 2 aromatic heterocycles. The fraction of sp³-hybridized carbons (Fsp3) is 0.0667. The second-order valence-corrected chi connectivity index (χ2v) is 4.47. The number of hydrogen-bond donors (Lipinski definition) is 1. The number of pyridine rings is 1. The van der Waals surface area contributed by atoms with E-state index in [9.17, 15) is 14.9 Å². The molecule has 0 radical (unpaired) electrons. The third kappa shape index (κ3) is 2.11. The van der Waals surface area contributed by atoms with Gasteiger partial charge in [0.25, 0.3) is 0 Å². The van der Waals surface area contributed by atoms with Crippen molar-refractivity contribution < 1.29 is 9.21 Å². The molecule has 0 aliphatic carbocycles. The highest BCUT2D eigenvalue weighted by atomic mass is 16.4. The number of rotatable bonds is 1. The summed E-state index contributed by atoms with van der Waals surface area (Å²) < 4.78 is 5.12. The van der Waals surface area contributed by atoms with Crippen LogP contribution in [-0.4, -0.2) is 10.9 Å². The van der Waals surface area contributed by atoms with E-state index >= 15 is 0 Å². The minimum Gasteiger partial charge on any atom is -0.423 e. The van der Waals surface area contributed by atoms with Crippen molar-refractivity contribution in [2.24, 2.45) is 0 Å². The Bertz CT molecular complexity index is 983. The van der Waals surface area contributed by atoms with Crippen LogP contribution in [0, 0.1) is 11.3 Å². The standard InChI is InChI=1S/C15H9N3O3/c1-8(19)18-15-9(6-16)7-17-11-3-4-12-10(14(11)15)2-5-13(20)21-12/h2-5,7H,1H3,(H,17,18,19). The number of nitrogens with zero attached hydrogens (tertiary/aromatic N) is 2. The lowest BCUT2D eigenvalue weighted by molar-refractivity contribution is -0.114. The van der Waals surface area contributed by atoms with E-state index in [-0.39, 0.29) is 11.5 Å². The number of carbonyl (C=O) groups excluding carboxylic acids is 1. The maximum absolute atomic E-state index is 11.4. The lowest BCUT2D eigenvalue weighted by Gasteiger charge is -2.10. The zero-order chi connectivity index (χ0) is 15.0. The van der Waals surface area contributed by atoms with Crippen LogP contribution in [-0.2, 0) is 4.79 Å². The molecule has 1 aromatic carbocycles. The van der Waals surface area contributed by atoms with Crippen molar-refractivity contribution in [2.45, 2.75) is 6.92 Å². The van der Waals surface area contributed by atoms with Crippen molar-refractivity contribution in [3.8, 4) is 6.07 Å². The van der Waals surface area contributed by atoms with Crippen LogP contribution in [0.15, 0.2) is 39.7 Å². The van der Waals surface area contributed by atoms with Crippen molar-refractivity contribution in [3.05, 3.63) is 46.4 Å². The molecule has 1 N–H and O–H groups in total. The van der Waals surface area contributed by atoms with Gasteiger partial charge in [-0.1, -0.05) is 0 Å². The quantitative estimate of drug-likeness (QED) is 0.544. The summed E-state index contributed by atoms with van der Waals surface area (Å²) in [6.07, 6.45) is 1.40. The fourth-order valence-electron chi connectivity index (χ4n) is 2.23. The number of nitrogens with one attached hydrogen (secondary N) is 1. The molecule has 1 amide bonds. The van der Waals surface area contributed by atoms with Crippen LogP contribution in [0.4, 0.5) is 5.69 Å². The van der Waals surface area contributed by atoms with Gasteiger partial charge in [0, 0.05) is 30.0 Å². The zero-order valence-electron chi connectivity index (χ0n) is 11.0. The number of benzene rings is 1. The molecular weight excluding hydrogens is 270 g/mol. The molecule has 0 unspecified atom stereocenters. The second-order valence-electron chi connectivity index (χ2n) is 4.47. The SMILES string of the molecule is CC(=O)Nc1c(C#N)cnc2ccc3oc(=O)ccc3c12. The Hall–Kier alpha value is -3.20. The summed E-state index contributed by atoms with van der Waals surface area (Å²) >= 11 is 0. The molecule has 0 atom stereocenters. The summed E-state index contributed by atoms with van der Waals surface area (Å²) in [5, 5.41) is 13.0. The Labute approximate surface area is 118 Å². The van der Waals surface area contributed by atoms with Gasteiger partial charge in [-0.2, -0.15) is 5.26 Å². The molecule has 0 saturated carbocycles. The molecule has 21 heavy (non-hydrogen) atoms. The number of hydrogen-bond acceptors (Lipinski definition) is 5. The second kappa shape index (κ2) is 4.72. The van der Waals surface area contributed by atoms with Gasteiger partial charge >= 0.3 is 5.63 Å². The molecule has 0 fully saturated rings. The molecule has 102 valence electrons. The number of carbonyl (C=O) groups is 1. The highest BCUT2D eigenvalue weighted by molar-refractivity contribution is 6.14. The monoisotopic (exact) mass is 279 g/mol. The maximum atomic E-state index is 11.4. The number of amides is 1. The Morgan fingerprint density at radius 2 is 2.14 bits per heavy atom. The summed E-state index contributed by atoms with van der Waals surface area (Å²) in [5.74, 6) is -0.298. The van der Waals surface area contributed by atoms with E-state index in [0.29, 0.717) is 27.6 Å². The molecule has 6 heteroatoms. The number of fused-ring (bicyclic) bond motifs is 3. The summed E-state index contributed by atoms with van der Waals surface area (Å²) in [6.45, 7) is 1.36. The van der Waals surface area contributed by atoms with Crippen molar-refractivity contribution in [1.82, 2.24) is 4.98 Å². The average Bonchev–Trinajstić information content (AvgIpc) is 2.46. The summed E-state index contributed by atoms with van der Waals surface area (Å²) in [7, 11) is 0. The van der Waals surface area contributed by atoms with E-state index in [0.717, 1.165) is 0 Å². The first-order valence-corrected chi connectivity index (χ1v) is 6.13. The van der Waals surface area contributed by atoms with Gasteiger partial charge in [-0.25, -0.2) is 4.79 Å². The average molecular weight is 279 g/mol. The van der Waals surface area contributed by atoms with E-state index in [2.05, 4.69) is 10.3 Å². The van der Waals surface area contributed by atoms with Crippen molar-refractivity contribution >= 4 is 33.5 Å². The van der Waals surface area contributed by atoms with Crippen molar-refractivity contribution in [3.63, 3.8) is 0 Å². The molecule has 6 nitrogen and oxygen atoms in total. The molecule has 0 aliphatic heterocycles. The number of anilines is 1. The summed E-state index contributed by atoms with van der Waals surface area (Å²) in [4.78, 5) is 26.9. The molecule has 2 heterocycles. The highest BCUT2D eigenvalue weighted by Gasteiger charge is 2.14. The molecule has 0 saturated heterocycles. The smallest absolute Gasteiger partial charge is 0.336 e. The van der Waals surface area contributed by atoms with Crippen molar-refractivity contribution in [1.29, 1.82) is 5.26 Å². The Morgan fingerprint density at radius 1 is 1.33 bits per heavy atom. The normalized spacial score (nSPS) is 10.5. The van der Waals surface area contributed by atoms with Crippen LogP contribution >= 0.6 is 0 Å². The Balaban J connectivity index is 2.52. The highest BCUT2D eigenvalue weighted by Crippen LogP contribution is 2.31. The molecule has 0 spiro atoms. The van der Waals surface area contributed by atoms with Gasteiger partial charge in [0.2, 0.25) is 5.91 Å². The van der Waals surface area contributed by atoms with Crippen LogP contribution in [0.2, 0.25) is 0 Å². The first kappa shape index (κ1) is 12.8. The van der Waals surface area contributed by atoms with E-state index in [1.54, 1.807) is 18.2 Å². The predicted octanol–water partition coefficient (Wildman–Crippen LogP) is 2.17. The van der Waals surface area contributed by atoms with Crippen LogP contribution in [0.25, 0.3) is 21.9 Å². The minimum absolute atomic E-state index is 0.247. The van der Waals surface area contributed by atoms with Crippen LogP contribution in [0.3, 0.4) is 0 Å². The summed E-state index contributed by atoms with van der Waals surface area (Å²) in [5.41, 5.74) is 1.12. The number of aromatic nitrogens is 1. The van der Waals surface area contributed by atoms with Crippen LogP contribution in [0.5, 0.6) is 0 Å². The first-order chi connectivity index (χ1) is 10.1. The number of nitriles is 1. The Morgan fingerprint density at radius 3 is 2.86 bits per heavy atom. The van der Waals surface area contributed by atoms with E-state index in [1.807, 2.05) is 6.07 Å². The van der Waals surface area contributed by atoms with E-state index in [1.165, 1.54) is 19.2 Å². The van der Waals surface area contributed by atoms with Crippen LogP contribution in [0.1, 0.15) is 12.5 Å². The topological polar surface area (TPSA) is 96.0 Å². The third-order valence-corrected chi connectivity index (χ3v) is 3.05. The third-order valence-electron chi connectivity index (χ3n) is 3.05. The molecule has 0 bridgehead atoms. The first-order valence-electron chi connectivity index (χ1n) is 6.13. The maximum Gasteiger partial charge on any atom is 0.336 e. The largest absolute Gasteiger partial charge is 0.423 e. The lowest BCUT2D eigenvalue weighted by Crippen LogP contribution is -2.08. The van der Waals surface area contributed by atoms with E-state index in [4.69, 9.17) is 4.42 Å². The summed E-state index contributed by atoms with van der Waals surface area (Å²) in [6, 6.07) is 8.19. The van der Waals surface area contributed by atoms with Gasteiger partial charge in [-0.3, -0.25) is 9.78 Å². The molecule has 0 aliphatic rings. The van der Waals surface area contributed by atoms with Gasteiger partial charge in [-0.05, 0) is 18.2 Å². The van der Waals surface area contributed by atoms with Gasteiger partial charge in [0.05, 0.1) is 16.8 Å². The van der Waals surface area contributed by atoms with Crippen LogP contribution < -0.4 is 10.9 Å². The predicted molar refractivity (Wildman–Crippen MR) is 76.8 cm³/mol. The zero-order valence-corrected chi connectivity index (χ0v) is 11.0. The van der Waals surface area contributed by atoms with Crippen molar-refractivity contribution in [2.75, 3.05) is 5.32 Å². The molecule has 3 aromatic rings. The van der Waals surface area contributed by atoms with Gasteiger partial charge in [0.15, 0.2) is 0 Å². The van der Waals surface area contributed by atoms with Gasteiger partial charge in [0.1, 0.15) is 11.7 Å². The lowest BCUT2D eigenvalue weighted by atomic mass is 10.1. The molecular formula is C15H9N3O3. The van der Waals surface area contributed by atoms with Gasteiger partial charge < -0.3 is 9.73 Å². The van der Waals surface area contributed by atoms with Gasteiger partial charge in [-0.15, -0.1) is 0 Å². The molecule has 3 rings (SSSR count). The minimum atomic E-state index is -0.465.